The Kier molecular flexibility index (Phi) is 7.40. The Morgan fingerprint density at radius 1 is 0.927 bits per heavy atom. The predicted octanol–water partition coefficient (Wildman–Crippen LogP) is 6.65. The fourth-order valence-electron chi connectivity index (χ4n) is 6.88. The van der Waals surface area contributed by atoms with Gasteiger partial charge in [0.25, 0.3) is 5.91 Å². The largest absolute Gasteiger partial charge is 0.492 e. The lowest BCUT2D eigenvalue weighted by molar-refractivity contribution is -0.0365. The molecule has 2 unspecified atom stereocenters. The van der Waals surface area contributed by atoms with Crippen molar-refractivity contribution in [2.45, 2.75) is 64.1 Å². The number of rotatable bonds is 7. The van der Waals surface area contributed by atoms with Gasteiger partial charge in [0.05, 0.1) is 5.52 Å². The Balaban J connectivity index is 1.22. The summed E-state index contributed by atoms with van der Waals surface area (Å²) in [5.74, 6) is 1.03. The molecule has 2 atom stereocenters. The Labute approximate surface area is 242 Å². The summed E-state index contributed by atoms with van der Waals surface area (Å²) < 4.78 is 14.4. The molecule has 214 valence electrons. The van der Waals surface area contributed by atoms with Gasteiger partial charge in [0, 0.05) is 42.3 Å². The van der Waals surface area contributed by atoms with Crippen LogP contribution in [0.5, 0.6) is 5.75 Å². The molecule has 0 bridgehead atoms. The minimum Gasteiger partial charge on any atom is -0.492 e. The number of nitrogens with zero attached hydrogens (tertiary/aromatic N) is 4. The quantitative estimate of drug-likeness (QED) is 0.257. The van der Waals surface area contributed by atoms with E-state index in [0.717, 1.165) is 109 Å². The maximum absolute atomic E-state index is 13.3. The normalized spacial score (nSPS) is 21.7. The maximum Gasteiger partial charge on any atom is 0.253 e. The van der Waals surface area contributed by atoms with Crippen LogP contribution >= 0.6 is 0 Å². The Hall–Kier alpha value is -3.42. The van der Waals surface area contributed by atoms with E-state index in [4.69, 9.17) is 14.6 Å². The van der Waals surface area contributed by atoms with E-state index in [-0.39, 0.29) is 12.1 Å². The van der Waals surface area contributed by atoms with Crippen molar-refractivity contribution in [3.05, 3.63) is 60.2 Å². The fraction of sp³-hybridized carbons (Fsp3) is 0.471. The lowest BCUT2D eigenvalue weighted by atomic mass is 10.0. The van der Waals surface area contributed by atoms with Crippen LogP contribution in [-0.2, 0) is 4.74 Å². The van der Waals surface area contributed by atoms with E-state index in [1.165, 1.54) is 19.4 Å². The van der Waals surface area contributed by atoms with Gasteiger partial charge in [-0.3, -0.25) is 9.69 Å². The topological polar surface area (TPSA) is 59.8 Å². The van der Waals surface area contributed by atoms with E-state index in [2.05, 4.69) is 54.3 Å². The number of hydrogen-bond acceptors (Lipinski definition) is 5. The molecule has 7 nitrogen and oxygen atoms in total. The lowest BCUT2D eigenvalue weighted by Gasteiger charge is -2.23. The van der Waals surface area contributed by atoms with Gasteiger partial charge in [0.2, 0.25) is 0 Å². The van der Waals surface area contributed by atoms with Gasteiger partial charge in [-0.05, 0) is 105 Å². The molecule has 3 aliphatic rings. The molecule has 7 heteroatoms. The monoisotopic (exact) mass is 552 g/mol. The van der Waals surface area contributed by atoms with Gasteiger partial charge in [-0.2, -0.15) is 5.10 Å². The average molecular weight is 553 g/mol. The van der Waals surface area contributed by atoms with Crippen LogP contribution in [0.15, 0.2) is 54.6 Å². The second-order valence-corrected chi connectivity index (χ2v) is 11.8. The molecule has 41 heavy (non-hydrogen) atoms. The summed E-state index contributed by atoms with van der Waals surface area (Å²) in [6.45, 7) is 7.66. The predicted molar refractivity (Wildman–Crippen MR) is 162 cm³/mol. The van der Waals surface area contributed by atoms with Crippen molar-refractivity contribution in [3.63, 3.8) is 0 Å². The van der Waals surface area contributed by atoms with Gasteiger partial charge in [-0.25, -0.2) is 4.68 Å². The third kappa shape index (κ3) is 5.22. The SMILES string of the molecule is CCN1CCCC1COc1ccc2cc(-c3nn(C4CCCCO4)c4ccc(C(=O)N5CCCC5)cc34)ccc2c1. The molecule has 4 heterocycles. The molecule has 3 aliphatic heterocycles. The third-order valence-electron chi connectivity index (χ3n) is 9.21. The smallest absolute Gasteiger partial charge is 0.253 e. The highest BCUT2D eigenvalue weighted by Crippen LogP contribution is 2.35. The Morgan fingerprint density at radius 3 is 2.61 bits per heavy atom. The molecule has 1 amide bonds. The number of amides is 1. The molecule has 0 aliphatic carbocycles. The zero-order valence-electron chi connectivity index (χ0n) is 24.1. The summed E-state index contributed by atoms with van der Waals surface area (Å²) in [6, 6.07) is 19.4. The zero-order valence-corrected chi connectivity index (χ0v) is 24.1. The molecule has 0 N–H and O–H groups in total. The lowest BCUT2D eigenvalue weighted by Crippen LogP contribution is -2.33. The number of benzene rings is 3. The highest BCUT2D eigenvalue weighted by Gasteiger charge is 2.25. The number of aromatic nitrogens is 2. The second kappa shape index (κ2) is 11.5. The first-order valence-electron chi connectivity index (χ1n) is 15.5. The minimum absolute atomic E-state index is 0.0798. The summed E-state index contributed by atoms with van der Waals surface area (Å²) >= 11 is 0. The van der Waals surface area contributed by atoms with Gasteiger partial charge in [-0.1, -0.05) is 25.1 Å². The van der Waals surface area contributed by atoms with Crippen LogP contribution in [0.2, 0.25) is 0 Å². The average Bonchev–Trinajstić information content (AvgIpc) is 3.80. The number of likely N-dealkylation sites (tertiary alicyclic amines) is 2. The second-order valence-electron chi connectivity index (χ2n) is 11.8. The Morgan fingerprint density at radius 2 is 1.78 bits per heavy atom. The van der Waals surface area contributed by atoms with Crippen molar-refractivity contribution in [3.8, 4) is 17.0 Å². The van der Waals surface area contributed by atoms with E-state index < -0.39 is 0 Å². The molecule has 3 saturated heterocycles. The van der Waals surface area contributed by atoms with Crippen molar-refractivity contribution in [2.24, 2.45) is 0 Å². The van der Waals surface area contributed by atoms with Crippen LogP contribution in [0.25, 0.3) is 32.9 Å². The Bertz CT molecular complexity index is 1550. The van der Waals surface area contributed by atoms with Gasteiger partial charge >= 0.3 is 0 Å². The van der Waals surface area contributed by atoms with Crippen LogP contribution in [0.3, 0.4) is 0 Å². The van der Waals surface area contributed by atoms with E-state index in [0.29, 0.717) is 6.04 Å². The van der Waals surface area contributed by atoms with Crippen molar-refractivity contribution in [1.82, 2.24) is 19.6 Å². The standard InChI is InChI=1S/C34H40N4O3/c1-2-36-18-7-8-28(36)23-41-29-14-12-24-20-26(11-10-25(24)21-29)33-30-22-27(34(39)37-16-4-5-17-37)13-15-31(30)38(35-33)32-9-3-6-19-40-32/h10-15,20-22,28,32H,2-9,16-19,23H2,1H3. The molecule has 1 aromatic heterocycles. The summed E-state index contributed by atoms with van der Waals surface area (Å²) in [7, 11) is 0. The molecule has 4 aromatic rings. The highest BCUT2D eigenvalue weighted by atomic mass is 16.5. The number of carbonyl (C=O) groups is 1. The number of fused-ring (bicyclic) bond motifs is 2. The molecular weight excluding hydrogens is 512 g/mol. The van der Waals surface area contributed by atoms with Gasteiger partial charge in [-0.15, -0.1) is 0 Å². The van der Waals surface area contributed by atoms with Crippen LogP contribution < -0.4 is 4.74 Å². The van der Waals surface area contributed by atoms with Gasteiger partial charge < -0.3 is 14.4 Å². The molecule has 3 aromatic carbocycles. The van der Waals surface area contributed by atoms with Gasteiger partial charge in [0.15, 0.2) is 6.23 Å². The summed E-state index contributed by atoms with van der Waals surface area (Å²) in [4.78, 5) is 17.8. The molecule has 0 saturated carbocycles. The molecule has 3 fully saturated rings. The van der Waals surface area contributed by atoms with Crippen molar-refractivity contribution in [2.75, 3.05) is 39.4 Å². The number of carbonyl (C=O) groups excluding carboxylic acids is 1. The first kappa shape index (κ1) is 26.5. The highest BCUT2D eigenvalue weighted by molar-refractivity contribution is 6.02. The molecule has 7 rings (SSSR count). The van der Waals surface area contributed by atoms with E-state index >= 15 is 0 Å². The summed E-state index contributed by atoms with van der Waals surface area (Å²) in [5, 5.41) is 8.42. The first-order chi connectivity index (χ1) is 20.2. The summed E-state index contributed by atoms with van der Waals surface area (Å²) in [5.41, 5.74) is 3.69. The zero-order chi connectivity index (χ0) is 27.8. The molecule has 0 spiro atoms. The van der Waals surface area contributed by atoms with Crippen LogP contribution in [0.4, 0.5) is 0 Å². The van der Waals surface area contributed by atoms with Crippen molar-refractivity contribution in [1.29, 1.82) is 0 Å². The van der Waals surface area contributed by atoms with E-state index in [1.54, 1.807) is 0 Å². The first-order valence-corrected chi connectivity index (χ1v) is 15.5. The maximum atomic E-state index is 13.3. The number of likely N-dealkylation sites (N-methyl/N-ethyl adjacent to an activating group) is 1. The van der Waals surface area contributed by atoms with Crippen molar-refractivity contribution >= 4 is 27.6 Å². The van der Waals surface area contributed by atoms with Gasteiger partial charge in [0.1, 0.15) is 18.1 Å². The third-order valence-corrected chi connectivity index (χ3v) is 9.21. The molecular formula is C34H40N4O3. The minimum atomic E-state index is -0.0798. The van der Waals surface area contributed by atoms with Crippen molar-refractivity contribution < 1.29 is 14.3 Å². The van der Waals surface area contributed by atoms with Crippen LogP contribution in [0.1, 0.15) is 68.5 Å². The number of hydrogen-bond donors (Lipinski definition) is 0. The van der Waals surface area contributed by atoms with Crippen LogP contribution in [0, 0.1) is 0 Å². The summed E-state index contributed by atoms with van der Waals surface area (Å²) in [6.07, 6.45) is 7.72. The molecule has 0 radical (unpaired) electrons. The number of ether oxygens (including phenoxy) is 2. The fourth-order valence-corrected chi connectivity index (χ4v) is 6.88. The van der Waals surface area contributed by atoms with E-state index in [1.807, 2.05) is 21.7 Å². The van der Waals surface area contributed by atoms with Crippen LogP contribution in [-0.4, -0.2) is 70.9 Å². The van der Waals surface area contributed by atoms with E-state index in [9.17, 15) is 4.79 Å².